The molecular formula is C21H15FN2O4S. The predicted octanol–water partition coefficient (Wildman–Crippen LogP) is 4.88. The molecule has 8 heteroatoms. The molecule has 4 aromatic rings. The molecule has 0 aliphatic heterocycles. The van der Waals surface area contributed by atoms with E-state index in [2.05, 4.69) is 10.3 Å². The van der Waals surface area contributed by atoms with Gasteiger partial charge in [-0.2, -0.15) is 0 Å². The Bertz CT molecular complexity index is 1150. The summed E-state index contributed by atoms with van der Waals surface area (Å²) in [5.74, 6) is -1.30. The van der Waals surface area contributed by atoms with Crippen LogP contribution in [0.15, 0.2) is 65.1 Å². The van der Waals surface area contributed by atoms with Gasteiger partial charge in [-0.25, -0.2) is 14.2 Å². The lowest BCUT2D eigenvalue weighted by Crippen LogP contribution is -2.29. The summed E-state index contributed by atoms with van der Waals surface area (Å²) in [5.41, 5.74) is 1.24. The zero-order valence-corrected chi connectivity index (χ0v) is 16.0. The van der Waals surface area contributed by atoms with Crippen molar-refractivity contribution in [1.82, 2.24) is 4.98 Å². The topological polar surface area (TPSA) is 81.4 Å². The van der Waals surface area contributed by atoms with Crippen molar-refractivity contribution in [3.8, 4) is 10.8 Å². The quantitative estimate of drug-likeness (QED) is 0.474. The highest BCUT2D eigenvalue weighted by Crippen LogP contribution is 2.31. The van der Waals surface area contributed by atoms with Gasteiger partial charge >= 0.3 is 5.97 Å². The van der Waals surface area contributed by atoms with Crippen LogP contribution < -0.4 is 5.32 Å². The fraction of sp³-hybridized carbons (Fsp3) is 0.0952. The van der Waals surface area contributed by atoms with Gasteiger partial charge in [-0.1, -0.05) is 12.1 Å². The van der Waals surface area contributed by atoms with Gasteiger partial charge in [0.2, 0.25) is 5.76 Å². The highest BCUT2D eigenvalue weighted by Gasteiger charge is 2.22. The molecule has 0 spiro atoms. The zero-order chi connectivity index (χ0) is 20.4. The molecule has 2 aromatic heterocycles. The van der Waals surface area contributed by atoms with Crippen molar-refractivity contribution >= 4 is 39.1 Å². The number of furan rings is 1. The van der Waals surface area contributed by atoms with Gasteiger partial charge in [-0.3, -0.25) is 4.79 Å². The molecule has 0 unspecified atom stereocenters. The third kappa shape index (κ3) is 4.17. The number of benzene rings is 2. The maximum absolute atomic E-state index is 12.9. The van der Waals surface area contributed by atoms with Crippen LogP contribution in [0.2, 0.25) is 0 Å². The molecule has 1 atom stereocenters. The SMILES string of the molecule is C[C@@H](OC(=O)c1ccc(-c2nc3ccccc3s2)o1)C(=O)Nc1ccc(F)cc1. The molecule has 146 valence electrons. The second-order valence-corrected chi connectivity index (χ2v) is 7.22. The number of amides is 1. The van der Waals surface area contributed by atoms with Crippen LogP contribution in [0.4, 0.5) is 10.1 Å². The van der Waals surface area contributed by atoms with E-state index in [1.54, 1.807) is 6.07 Å². The lowest BCUT2D eigenvalue weighted by atomic mass is 10.3. The van der Waals surface area contributed by atoms with Crippen LogP contribution in [0, 0.1) is 5.82 Å². The van der Waals surface area contributed by atoms with Crippen LogP contribution in [-0.4, -0.2) is 23.0 Å². The second kappa shape index (κ2) is 7.84. The van der Waals surface area contributed by atoms with Crippen molar-refractivity contribution in [2.75, 3.05) is 5.32 Å². The number of rotatable bonds is 5. The number of esters is 1. The highest BCUT2D eigenvalue weighted by molar-refractivity contribution is 7.21. The lowest BCUT2D eigenvalue weighted by Gasteiger charge is -2.12. The number of halogens is 1. The Morgan fingerprint density at radius 2 is 1.86 bits per heavy atom. The van der Waals surface area contributed by atoms with Crippen LogP contribution in [-0.2, 0) is 9.53 Å². The summed E-state index contributed by atoms with van der Waals surface area (Å²) >= 11 is 1.45. The van der Waals surface area contributed by atoms with Crippen molar-refractivity contribution in [2.24, 2.45) is 0 Å². The van der Waals surface area contributed by atoms with Crippen molar-refractivity contribution in [3.05, 3.63) is 72.2 Å². The van der Waals surface area contributed by atoms with E-state index < -0.39 is 23.8 Å². The Balaban J connectivity index is 1.41. The fourth-order valence-corrected chi connectivity index (χ4v) is 3.52. The van der Waals surface area contributed by atoms with Crippen molar-refractivity contribution in [3.63, 3.8) is 0 Å². The number of thiazole rings is 1. The average Bonchev–Trinajstić information content (AvgIpc) is 3.36. The van der Waals surface area contributed by atoms with Crippen LogP contribution in [0.5, 0.6) is 0 Å². The molecule has 2 heterocycles. The molecule has 6 nitrogen and oxygen atoms in total. The van der Waals surface area contributed by atoms with E-state index >= 15 is 0 Å². The molecule has 0 bridgehead atoms. The smallest absolute Gasteiger partial charge is 0.375 e. The van der Waals surface area contributed by atoms with Crippen LogP contribution in [0.1, 0.15) is 17.5 Å². The first kappa shape index (κ1) is 18.8. The molecule has 2 aromatic carbocycles. The molecule has 1 N–H and O–H groups in total. The number of aromatic nitrogens is 1. The molecule has 0 saturated heterocycles. The predicted molar refractivity (Wildman–Crippen MR) is 107 cm³/mol. The lowest BCUT2D eigenvalue weighted by molar-refractivity contribution is -0.123. The fourth-order valence-electron chi connectivity index (χ4n) is 2.59. The van der Waals surface area contributed by atoms with Crippen LogP contribution in [0.3, 0.4) is 0 Å². The summed E-state index contributed by atoms with van der Waals surface area (Å²) in [4.78, 5) is 29.0. The summed E-state index contributed by atoms with van der Waals surface area (Å²) in [6, 6.07) is 16.1. The Kier molecular flexibility index (Phi) is 5.09. The largest absolute Gasteiger partial charge is 0.447 e. The first-order valence-corrected chi connectivity index (χ1v) is 9.54. The molecule has 4 rings (SSSR count). The molecule has 0 saturated carbocycles. The molecule has 29 heavy (non-hydrogen) atoms. The number of para-hydroxylation sites is 1. The zero-order valence-electron chi connectivity index (χ0n) is 15.2. The summed E-state index contributed by atoms with van der Waals surface area (Å²) in [6.07, 6.45) is -1.07. The number of fused-ring (bicyclic) bond motifs is 1. The van der Waals surface area contributed by atoms with Crippen molar-refractivity contribution < 1.29 is 23.1 Å². The number of nitrogens with zero attached hydrogens (tertiary/aromatic N) is 1. The first-order valence-electron chi connectivity index (χ1n) is 8.73. The van der Waals surface area contributed by atoms with Gasteiger partial charge in [0.15, 0.2) is 16.9 Å². The van der Waals surface area contributed by atoms with E-state index in [0.717, 1.165) is 10.2 Å². The Morgan fingerprint density at radius 1 is 1.10 bits per heavy atom. The number of anilines is 1. The minimum atomic E-state index is -1.07. The number of carbonyl (C=O) groups is 2. The Morgan fingerprint density at radius 3 is 2.62 bits per heavy atom. The van der Waals surface area contributed by atoms with E-state index in [1.165, 1.54) is 48.6 Å². The van der Waals surface area contributed by atoms with Gasteiger partial charge in [0, 0.05) is 5.69 Å². The number of nitrogens with one attached hydrogen (secondary N) is 1. The molecule has 1 amide bonds. The minimum Gasteiger partial charge on any atom is -0.447 e. The summed E-state index contributed by atoms with van der Waals surface area (Å²) < 4.78 is 24.7. The minimum absolute atomic E-state index is 0.0271. The monoisotopic (exact) mass is 410 g/mol. The molecule has 0 aliphatic carbocycles. The third-order valence-corrected chi connectivity index (χ3v) is 5.13. The second-order valence-electron chi connectivity index (χ2n) is 6.19. The van der Waals surface area contributed by atoms with Gasteiger partial charge < -0.3 is 14.5 Å². The Labute approximate surface area is 168 Å². The van der Waals surface area contributed by atoms with Gasteiger partial charge in [-0.15, -0.1) is 11.3 Å². The maximum Gasteiger partial charge on any atom is 0.375 e. The van der Waals surface area contributed by atoms with Crippen molar-refractivity contribution in [2.45, 2.75) is 13.0 Å². The van der Waals surface area contributed by atoms with E-state index in [-0.39, 0.29) is 5.76 Å². The third-order valence-electron chi connectivity index (χ3n) is 4.08. The molecular weight excluding hydrogens is 395 g/mol. The van der Waals surface area contributed by atoms with E-state index in [1.807, 2.05) is 24.3 Å². The summed E-state index contributed by atoms with van der Waals surface area (Å²) in [7, 11) is 0. The number of carbonyl (C=O) groups excluding carboxylic acids is 2. The normalized spacial score (nSPS) is 11.9. The molecule has 0 radical (unpaired) electrons. The maximum atomic E-state index is 12.9. The van der Waals surface area contributed by atoms with Crippen LogP contribution >= 0.6 is 11.3 Å². The number of ether oxygens (including phenoxy) is 1. The van der Waals surface area contributed by atoms with E-state index in [4.69, 9.17) is 9.15 Å². The van der Waals surface area contributed by atoms with E-state index in [0.29, 0.717) is 16.5 Å². The molecule has 0 aliphatic rings. The Hall–Kier alpha value is -3.52. The average molecular weight is 410 g/mol. The van der Waals surface area contributed by atoms with Gasteiger partial charge in [0.05, 0.1) is 10.2 Å². The van der Waals surface area contributed by atoms with Gasteiger partial charge in [0.25, 0.3) is 5.91 Å². The highest BCUT2D eigenvalue weighted by atomic mass is 32.1. The number of hydrogen-bond acceptors (Lipinski definition) is 6. The summed E-state index contributed by atoms with van der Waals surface area (Å²) in [6.45, 7) is 1.44. The number of hydrogen-bond donors (Lipinski definition) is 1. The van der Waals surface area contributed by atoms with E-state index in [9.17, 15) is 14.0 Å². The van der Waals surface area contributed by atoms with Gasteiger partial charge in [0.1, 0.15) is 5.82 Å². The molecule has 0 fully saturated rings. The van der Waals surface area contributed by atoms with Crippen molar-refractivity contribution in [1.29, 1.82) is 0 Å². The standard InChI is InChI=1S/C21H15FN2O4S/c1-12(19(25)23-14-8-6-13(22)7-9-14)27-21(26)17-11-10-16(28-17)20-24-15-4-2-3-5-18(15)29-20/h2-12H,1H3,(H,23,25)/t12-/m1/s1. The van der Waals surface area contributed by atoms with Gasteiger partial charge in [-0.05, 0) is 55.5 Å². The van der Waals surface area contributed by atoms with Crippen LogP contribution in [0.25, 0.3) is 21.0 Å². The first-order chi connectivity index (χ1) is 14.0. The summed E-state index contributed by atoms with van der Waals surface area (Å²) in [5, 5.41) is 3.20.